The van der Waals surface area contributed by atoms with Gasteiger partial charge in [0.15, 0.2) is 6.10 Å². The van der Waals surface area contributed by atoms with E-state index in [0.717, 1.165) is 19.9 Å². The van der Waals surface area contributed by atoms with Gasteiger partial charge in [-0.25, -0.2) is 0 Å². The lowest BCUT2D eigenvalue weighted by molar-refractivity contribution is -0.214. The average Bonchev–Trinajstić information content (AvgIpc) is 2.09. The van der Waals surface area contributed by atoms with Gasteiger partial charge in [0.1, 0.15) is 0 Å². The van der Waals surface area contributed by atoms with Gasteiger partial charge in [-0.15, -0.1) is 0 Å². The van der Waals surface area contributed by atoms with E-state index in [0.29, 0.717) is 13.0 Å². The van der Waals surface area contributed by atoms with E-state index < -0.39 is 12.3 Å². The monoisotopic (exact) mass is 213 g/mol. The van der Waals surface area contributed by atoms with Crippen LogP contribution < -0.4 is 5.32 Å². The molecular formula is C9H18F3NO. The summed E-state index contributed by atoms with van der Waals surface area (Å²) in [6.45, 7) is 4.82. The lowest BCUT2D eigenvalue weighted by Gasteiger charge is -2.16. The molecule has 0 amide bonds. The van der Waals surface area contributed by atoms with Crippen molar-refractivity contribution < 1.29 is 17.9 Å². The summed E-state index contributed by atoms with van der Waals surface area (Å²) < 4.78 is 40.4. The molecule has 14 heavy (non-hydrogen) atoms. The van der Waals surface area contributed by atoms with E-state index in [9.17, 15) is 13.2 Å². The molecule has 0 fully saturated rings. The third kappa shape index (κ3) is 7.15. The maximum atomic E-state index is 11.9. The van der Waals surface area contributed by atoms with E-state index in [4.69, 9.17) is 0 Å². The van der Waals surface area contributed by atoms with Crippen LogP contribution >= 0.6 is 0 Å². The fourth-order valence-corrected chi connectivity index (χ4v) is 0.854. The van der Waals surface area contributed by atoms with Crippen molar-refractivity contribution in [1.82, 2.24) is 5.32 Å². The molecular weight excluding hydrogens is 195 g/mol. The van der Waals surface area contributed by atoms with E-state index in [1.165, 1.54) is 0 Å². The molecule has 0 aromatic carbocycles. The van der Waals surface area contributed by atoms with Crippen LogP contribution in [0.2, 0.25) is 0 Å². The summed E-state index contributed by atoms with van der Waals surface area (Å²) in [5.41, 5.74) is 0. The van der Waals surface area contributed by atoms with E-state index >= 15 is 0 Å². The van der Waals surface area contributed by atoms with Crippen molar-refractivity contribution in [3.8, 4) is 0 Å². The standard InChI is InChI=1S/C9H18F3NO/c1-3-5-13-6-4-7-14-8(2)9(10,11)12/h8,13H,3-7H2,1-2H3. The lowest BCUT2D eigenvalue weighted by Crippen LogP contribution is -2.29. The molecule has 0 aromatic heterocycles. The van der Waals surface area contributed by atoms with Crippen LogP contribution in [0.3, 0.4) is 0 Å². The third-order valence-corrected chi connectivity index (χ3v) is 1.75. The Bertz CT molecular complexity index is 139. The summed E-state index contributed by atoms with van der Waals surface area (Å²) in [5, 5.41) is 3.09. The molecule has 0 aliphatic rings. The van der Waals surface area contributed by atoms with Crippen molar-refractivity contribution in [3.63, 3.8) is 0 Å². The molecule has 86 valence electrons. The molecule has 0 aliphatic carbocycles. The predicted octanol–water partition coefficient (Wildman–Crippen LogP) is 2.34. The molecule has 0 saturated carbocycles. The van der Waals surface area contributed by atoms with Gasteiger partial charge in [-0.2, -0.15) is 13.2 Å². The largest absolute Gasteiger partial charge is 0.414 e. The van der Waals surface area contributed by atoms with Crippen LogP contribution in [0.25, 0.3) is 0 Å². The first-order valence-corrected chi connectivity index (χ1v) is 4.87. The Kier molecular flexibility index (Phi) is 6.92. The van der Waals surface area contributed by atoms with Crippen LogP contribution in [0.15, 0.2) is 0 Å². The summed E-state index contributed by atoms with van der Waals surface area (Å²) in [7, 11) is 0. The quantitative estimate of drug-likeness (QED) is 0.655. The topological polar surface area (TPSA) is 21.3 Å². The Morgan fingerprint density at radius 3 is 2.43 bits per heavy atom. The lowest BCUT2D eigenvalue weighted by atomic mass is 10.4. The number of rotatable bonds is 7. The normalized spacial score (nSPS) is 14.4. The third-order valence-electron chi connectivity index (χ3n) is 1.75. The van der Waals surface area contributed by atoms with Gasteiger partial charge in [0, 0.05) is 6.61 Å². The molecule has 0 saturated heterocycles. The minimum absolute atomic E-state index is 0.150. The van der Waals surface area contributed by atoms with Gasteiger partial charge in [-0.3, -0.25) is 0 Å². The van der Waals surface area contributed by atoms with Gasteiger partial charge in [0.25, 0.3) is 0 Å². The second-order valence-electron chi connectivity index (χ2n) is 3.16. The molecule has 0 spiro atoms. The highest BCUT2D eigenvalue weighted by molar-refractivity contribution is 4.60. The molecule has 0 rings (SSSR count). The van der Waals surface area contributed by atoms with Gasteiger partial charge in [0.2, 0.25) is 0 Å². The Morgan fingerprint density at radius 2 is 1.93 bits per heavy atom. The smallest absolute Gasteiger partial charge is 0.369 e. The maximum absolute atomic E-state index is 11.9. The number of hydrogen-bond acceptors (Lipinski definition) is 2. The zero-order chi connectivity index (χ0) is 11.0. The summed E-state index contributed by atoms with van der Waals surface area (Å²) in [6, 6.07) is 0. The summed E-state index contributed by atoms with van der Waals surface area (Å²) in [5.74, 6) is 0. The van der Waals surface area contributed by atoms with Crippen LogP contribution in [0.4, 0.5) is 13.2 Å². The van der Waals surface area contributed by atoms with Crippen molar-refractivity contribution in [2.45, 2.75) is 39.0 Å². The van der Waals surface area contributed by atoms with E-state index in [1.807, 2.05) is 6.92 Å². The first-order valence-electron chi connectivity index (χ1n) is 4.87. The second-order valence-corrected chi connectivity index (χ2v) is 3.16. The number of hydrogen-bond donors (Lipinski definition) is 1. The molecule has 0 heterocycles. The fraction of sp³-hybridized carbons (Fsp3) is 1.00. The van der Waals surface area contributed by atoms with Gasteiger partial charge >= 0.3 is 6.18 Å². The minimum atomic E-state index is -4.24. The summed E-state index contributed by atoms with van der Waals surface area (Å²) >= 11 is 0. The van der Waals surface area contributed by atoms with Gasteiger partial charge in [-0.1, -0.05) is 6.92 Å². The number of halogens is 3. The maximum Gasteiger partial charge on any atom is 0.414 e. The van der Waals surface area contributed by atoms with E-state index in [-0.39, 0.29) is 6.61 Å². The van der Waals surface area contributed by atoms with Gasteiger partial charge in [-0.05, 0) is 32.9 Å². The van der Waals surface area contributed by atoms with Crippen LogP contribution in [-0.4, -0.2) is 32.0 Å². The van der Waals surface area contributed by atoms with Crippen molar-refractivity contribution in [1.29, 1.82) is 0 Å². The van der Waals surface area contributed by atoms with Crippen molar-refractivity contribution >= 4 is 0 Å². The Hall–Kier alpha value is -0.290. The van der Waals surface area contributed by atoms with E-state index in [1.54, 1.807) is 0 Å². The number of nitrogens with one attached hydrogen (secondary N) is 1. The Balaban J connectivity index is 3.28. The molecule has 1 unspecified atom stereocenters. The minimum Gasteiger partial charge on any atom is -0.369 e. The molecule has 0 aromatic rings. The predicted molar refractivity (Wildman–Crippen MR) is 49.2 cm³/mol. The highest BCUT2D eigenvalue weighted by Gasteiger charge is 2.36. The molecule has 1 atom stereocenters. The SMILES string of the molecule is CCCNCCCOC(C)C(F)(F)F. The molecule has 5 heteroatoms. The Morgan fingerprint density at radius 1 is 1.29 bits per heavy atom. The van der Waals surface area contributed by atoms with Crippen molar-refractivity contribution in [2.24, 2.45) is 0 Å². The fourth-order valence-electron chi connectivity index (χ4n) is 0.854. The van der Waals surface area contributed by atoms with E-state index in [2.05, 4.69) is 10.1 Å². The first-order chi connectivity index (χ1) is 6.48. The molecule has 0 aliphatic heterocycles. The molecule has 0 bridgehead atoms. The van der Waals surface area contributed by atoms with Gasteiger partial charge in [0.05, 0.1) is 0 Å². The number of ether oxygens (including phenoxy) is 1. The summed E-state index contributed by atoms with van der Waals surface area (Å²) in [6.07, 6.45) is -4.26. The molecule has 2 nitrogen and oxygen atoms in total. The van der Waals surface area contributed by atoms with Crippen LogP contribution in [0.5, 0.6) is 0 Å². The molecule has 0 radical (unpaired) electrons. The number of alkyl halides is 3. The van der Waals surface area contributed by atoms with Crippen LogP contribution in [-0.2, 0) is 4.74 Å². The summed E-state index contributed by atoms with van der Waals surface area (Å²) in [4.78, 5) is 0. The zero-order valence-corrected chi connectivity index (χ0v) is 8.66. The first kappa shape index (κ1) is 13.7. The zero-order valence-electron chi connectivity index (χ0n) is 8.66. The van der Waals surface area contributed by atoms with Crippen molar-refractivity contribution in [2.75, 3.05) is 19.7 Å². The Labute approximate surface area is 82.8 Å². The van der Waals surface area contributed by atoms with Gasteiger partial charge < -0.3 is 10.1 Å². The van der Waals surface area contributed by atoms with Crippen LogP contribution in [0, 0.1) is 0 Å². The average molecular weight is 213 g/mol. The molecule has 1 N–H and O–H groups in total. The van der Waals surface area contributed by atoms with Crippen molar-refractivity contribution in [3.05, 3.63) is 0 Å². The second kappa shape index (κ2) is 7.06. The highest BCUT2D eigenvalue weighted by atomic mass is 19.4. The highest BCUT2D eigenvalue weighted by Crippen LogP contribution is 2.22. The van der Waals surface area contributed by atoms with Crippen LogP contribution in [0.1, 0.15) is 26.7 Å².